The van der Waals surface area contributed by atoms with E-state index in [9.17, 15) is 9.18 Å². The third kappa shape index (κ3) is 4.70. The maximum atomic E-state index is 13.0. The Bertz CT molecular complexity index is 1060. The summed E-state index contributed by atoms with van der Waals surface area (Å²) in [6.45, 7) is 4.36. The Morgan fingerprint density at radius 1 is 1.19 bits per heavy atom. The molecule has 4 heterocycles. The summed E-state index contributed by atoms with van der Waals surface area (Å²) in [5, 5.41) is 7.30. The fourth-order valence-electron chi connectivity index (χ4n) is 3.66. The van der Waals surface area contributed by atoms with Crippen LogP contribution in [0.15, 0.2) is 30.7 Å². The minimum atomic E-state index is -0.351. The fraction of sp³-hybridized carbons (Fsp3) is 0.409. The number of aryl methyl sites for hydroxylation is 3. The van der Waals surface area contributed by atoms with Crippen LogP contribution in [0.3, 0.4) is 0 Å². The van der Waals surface area contributed by atoms with Crippen LogP contribution in [0.4, 0.5) is 15.9 Å². The largest absolute Gasteiger partial charge is 0.346 e. The van der Waals surface area contributed by atoms with Gasteiger partial charge in [0, 0.05) is 19.7 Å². The highest BCUT2D eigenvalue weighted by Crippen LogP contribution is 2.32. The van der Waals surface area contributed by atoms with Gasteiger partial charge >= 0.3 is 0 Å². The van der Waals surface area contributed by atoms with Crippen LogP contribution in [0.25, 0.3) is 0 Å². The number of anilines is 2. The van der Waals surface area contributed by atoms with E-state index in [1.807, 2.05) is 38.2 Å². The third-order valence-corrected chi connectivity index (χ3v) is 5.29. The van der Waals surface area contributed by atoms with Gasteiger partial charge in [-0.1, -0.05) is 14.4 Å². The molecule has 0 radical (unpaired) electrons. The lowest BCUT2D eigenvalue weighted by molar-refractivity contribution is -0.117. The summed E-state index contributed by atoms with van der Waals surface area (Å²) in [4.78, 5) is 27.5. The fourth-order valence-corrected chi connectivity index (χ4v) is 3.66. The number of hydrogen-bond acceptors (Lipinski definition) is 6. The van der Waals surface area contributed by atoms with E-state index in [1.165, 1.54) is 12.3 Å². The Labute approximate surface area is 181 Å². The molecule has 1 aliphatic heterocycles. The van der Waals surface area contributed by atoms with Gasteiger partial charge in [-0.25, -0.2) is 14.4 Å². The summed E-state index contributed by atoms with van der Waals surface area (Å²) in [5.41, 5.74) is 3.26. The first-order valence-electron chi connectivity index (χ1n) is 9.97. The summed E-state index contributed by atoms with van der Waals surface area (Å²) in [7, 11) is 1.90. The molecule has 1 N–H and O–H groups in total. The van der Waals surface area contributed by atoms with Crippen molar-refractivity contribution in [3.05, 3.63) is 59.3 Å². The highest BCUT2D eigenvalue weighted by Gasteiger charge is 2.32. The standard InChI is InChI=1S/C21H24FN7O.CH4/c1-4-17-21(30)27-19-13(2)25-18(26-20(19)28(17)3)8-5-14-9-24-29(11-14)12-16-7-6-15(22)10-23-16;/h6-7,9-11,17H,4-5,8,12H2,1-3H3,(H,27,30);1H4/t17-;/m0./s1. The average Bonchev–Trinajstić information content (AvgIpc) is 3.17. The molecule has 3 aromatic rings. The smallest absolute Gasteiger partial charge is 0.247 e. The molecule has 4 rings (SSSR count). The van der Waals surface area contributed by atoms with E-state index in [4.69, 9.17) is 4.98 Å². The SMILES string of the molecule is C.CC[C@H]1C(=O)Nc2c(C)nc(CCc3cnn(Cc4ccc(F)cn4)c3)nc2N1C. The first-order valence-corrected chi connectivity index (χ1v) is 9.97. The van der Waals surface area contributed by atoms with Crippen LogP contribution in [-0.2, 0) is 24.2 Å². The van der Waals surface area contributed by atoms with E-state index < -0.39 is 0 Å². The summed E-state index contributed by atoms with van der Waals surface area (Å²) in [5.74, 6) is 1.13. The van der Waals surface area contributed by atoms with E-state index in [-0.39, 0.29) is 25.2 Å². The van der Waals surface area contributed by atoms with Crippen LogP contribution in [0.5, 0.6) is 0 Å². The van der Waals surface area contributed by atoms with E-state index in [1.54, 1.807) is 10.7 Å². The summed E-state index contributed by atoms with van der Waals surface area (Å²) in [6.07, 6.45) is 7.08. The molecule has 0 spiro atoms. The van der Waals surface area contributed by atoms with E-state index in [0.29, 0.717) is 25.1 Å². The van der Waals surface area contributed by atoms with Crippen molar-refractivity contribution in [2.24, 2.45) is 0 Å². The number of carbonyl (C=O) groups is 1. The molecule has 1 amide bonds. The molecule has 9 heteroatoms. The quantitative estimate of drug-likeness (QED) is 0.653. The molecule has 8 nitrogen and oxygen atoms in total. The van der Waals surface area contributed by atoms with Gasteiger partial charge in [0.25, 0.3) is 0 Å². The van der Waals surface area contributed by atoms with Gasteiger partial charge in [0.15, 0.2) is 5.82 Å². The minimum absolute atomic E-state index is 0. The molecule has 0 unspecified atom stereocenters. The molecule has 0 bridgehead atoms. The monoisotopic (exact) mass is 425 g/mol. The van der Waals surface area contributed by atoms with Crippen molar-refractivity contribution in [3.63, 3.8) is 0 Å². The van der Waals surface area contributed by atoms with Crippen LogP contribution >= 0.6 is 0 Å². The number of halogens is 1. The molecule has 31 heavy (non-hydrogen) atoms. The Balaban J connectivity index is 0.00000272. The number of hydrogen-bond donors (Lipinski definition) is 1. The van der Waals surface area contributed by atoms with E-state index >= 15 is 0 Å². The van der Waals surface area contributed by atoms with Gasteiger partial charge in [-0.3, -0.25) is 14.5 Å². The zero-order chi connectivity index (χ0) is 21.3. The van der Waals surface area contributed by atoms with Gasteiger partial charge in [0.05, 0.1) is 30.3 Å². The molecule has 1 atom stereocenters. The second kappa shape index (κ2) is 9.20. The molecule has 0 aliphatic carbocycles. The third-order valence-electron chi connectivity index (χ3n) is 5.29. The predicted molar refractivity (Wildman–Crippen MR) is 118 cm³/mol. The van der Waals surface area contributed by atoms with Crippen molar-refractivity contribution in [2.45, 2.75) is 53.1 Å². The molecule has 0 saturated heterocycles. The van der Waals surface area contributed by atoms with Crippen molar-refractivity contribution in [3.8, 4) is 0 Å². The number of amides is 1. The van der Waals surface area contributed by atoms with Gasteiger partial charge in [0.2, 0.25) is 5.91 Å². The minimum Gasteiger partial charge on any atom is -0.346 e. The average molecular weight is 426 g/mol. The molecular weight excluding hydrogens is 397 g/mol. The van der Waals surface area contributed by atoms with Crippen molar-refractivity contribution < 1.29 is 9.18 Å². The molecule has 164 valence electrons. The zero-order valence-corrected chi connectivity index (χ0v) is 17.3. The zero-order valence-electron chi connectivity index (χ0n) is 17.3. The molecule has 0 aromatic carbocycles. The number of rotatable bonds is 6. The molecule has 1 aliphatic rings. The van der Waals surface area contributed by atoms with Crippen LogP contribution in [0.2, 0.25) is 0 Å². The predicted octanol–water partition coefficient (Wildman–Crippen LogP) is 3.15. The summed E-state index contributed by atoms with van der Waals surface area (Å²) in [6, 6.07) is 2.82. The molecular formula is C22H28FN7O. The number of likely N-dealkylation sites (N-methyl/N-ethyl adjacent to an activating group) is 1. The Morgan fingerprint density at radius 3 is 2.71 bits per heavy atom. The highest BCUT2D eigenvalue weighted by molar-refractivity contribution is 6.03. The number of nitrogens with zero attached hydrogens (tertiary/aromatic N) is 6. The Kier molecular flexibility index (Phi) is 6.62. The normalized spacial score (nSPS) is 15.3. The number of fused-ring (bicyclic) bond motifs is 1. The Hall–Kier alpha value is -3.36. The van der Waals surface area contributed by atoms with Crippen molar-refractivity contribution >= 4 is 17.4 Å². The van der Waals surface area contributed by atoms with Gasteiger partial charge in [-0.15, -0.1) is 0 Å². The lowest BCUT2D eigenvalue weighted by Crippen LogP contribution is -2.46. The van der Waals surface area contributed by atoms with Crippen molar-refractivity contribution in [2.75, 3.05) is 17.3 Å². The molecule has 0 fully saturated rings. The van der Waals surface area contributed by atoms with Crippen LogP contribution in [0, 0.1) is 12.7 Å². The van der Waals surface area contributed by atoms with Gasteiger partial charge < -0.3 is 10.2 Å². The lowest BCUT2D eigenvalue weighted by atomic mass is 10.1. The maximum Gasteiger partial charge on any atom is 0.247 e. The van der Waals surface area contributed by atoms with Crippen molar-refractivity contribution in [1.82, 2.24) is 24.7 Å². The number of pyridine rings is 1. The van der Waals surface area contributed by atoms with Gasteiger partial charge in [-0.2, -0.15) is 5.10 Å². The van der Waals surface area contributed by atoms with Gasteiger partial charge in [0.1, 0.15) is 23.4 Å². The lowest BCUT2D eigenvalue weighted by Gasteiger charge is -2.34. The first-order chi connectivity index (χ1) is 14.4. The topological polar surface area (TPSA) is 88.8 Å². The van der Waals surface area contributed by atoms with E-state index in [0.717, 1.165) is 35.0 Å². The maximum absolute atomic E-state index is 13.0. The number of aromatic nitrogens is 5. The first kappa shape index (κ1) is 22.3. The highest BCUT2D eigenvalue weighted by atomic mass is 19.1. The van der Waals surface area contributed by atoms with Crippen LogP contribution < -0.4 is 10.2 Å². The summed E-state index contributed by atoms with van der Waals surface area (Å²) >= 11 is 0. The van der Waals surface area contributed by atoms with Crippen LogP contribution in [-0.4, -0.2) is 43.7 Å². The van der Waals surface area contributed by atoms with Crippen molar-refractivity contribution in [1.29, 1.82) is 0 Å². The van der Waals surface area contributed by atoms with Crippen LogP contribution in [0.1, 0.15) is 43.5 Å². The van der Waals surface area contributed by atoms with Gasteiger partial charge in [-0.05, 0) is 37.5 Å². The number of nitrogens with one attached hydrogen (secondary N) is 1. The summed E-state index contributed by atoms with van der Waals surface area (Å²) < 4.78 is 14.8. The van der Waals surface area contributed by atoms with E-state index in [2.05, 4.69) is 20.4 Å². The molecule has 0 saturated carbocycles. The molecule has 3 aromatic heterocycles. The Morgan fingerprint density at radius 2 is 2.00 bits per heavy atom. The second-order valence-corrected chi connectivity index (χ2v) is 7.46. The number of carbonyl (C=O) groups excluding carboxylic acids is 1. The second-order valence-electron chi connectivity index (χ2n) is 7.46.